The number of likely N-dealkylation sites (N-methyl/N-ethyl adjacent to an activating group) is 1. The van der Waals surface area contributed by atoms with E-state index in [4.69, 9.17) is 0 Å². The molecule has 0 aliphatic heterocycles. The smallest absolute Gasteiger partial charge is 0.243 e. The number of amides is 1. The summed E-state index contributed by atoms with van der Waals surface area (Å²) in [4.78, 5) is 10.2. The molecule has 0 aliphatic carbocycles. The van der Waals surface area contributed by atoms with Crippen LogP contribution in [0.5, 0.6) is 0 Å². The van der Waals surface area contributed by atoms with Gasteiger partial charge in [-0.15, -0.1) is 0 Å². The van der Waals surface area contributed by atoms with E-state index < -0.39 is 0 Å². The average Bonchev–Trinajstić information content (AvgIpc) is 2.46. The van der Waals surface area contributed by atoms with Crippen LogP contribution in [0.3, 0.4) is 0 Å². The number of rotatable bonds is 12. The van der Waals surface area contributed by atoms with Crippen molar-refractivity contribution in [2.45, 2.75) is 72.1 Å². The van der Waals surface area contributed by atoms with Crippen LogP contribution < -0.4 is 10.6 Å². The maximum absolute atomic E-state index is 10.2. The molecule has 0 aromatic carbocycles. The van der Waals surface area contributed by atoms with Gasteiger partial charge in [0.2, 0.25) is 5.91 Å². The van der Waals surface area contributed by atoms with Crippen LogP contribution in [-0.2, 0) is 4.79 Å². The number of unbranched alkanes of at least 4 members (excludes halogenated alkanes) is 6. The largest absolute Gasteiger partial charge is 0.353 e. The van der Waals surface area contributed by atoms with E-state index in [2.05, 4.69) is 31.1 Å². The Kier molecular flexibility index (Phi) is 22.0. The minimum absolute atomic E-state index is 0.109. The molecule has 0 unspecified atom stereocenters. The molecule has 3 heteroatoms. The van der Waals surface area contributed by atoms with Gasteiger partial charge in [0.05, 0.1) is 0 Å². The molecule has 0 aromatic rings. The Balaban J connectivity index is 0. The van der Waals surface area contributed by atoms with E-state index in [1.165, 1.54) is 70.5 Å². The normalized spacial score (nSPS) is 9.55. The van der Waals surface area contributed by atoms with E-state index in [-0.39, 0.29) is 5.91 Å². The lowest BCUT2D eigenvalue weighted by Gasteiger charge is -2.03. The molecule has 0 fully saturated rings. The van der Waals surface area contributed by atoms with Crippen molar-refractivity contribution in [2.24, 2.45) is 0 Å². The summed E-state index contributed by atoms with van der Waals surface area (Å²) < 4.78 is 0. The van der Waals surface area contributed by atoms with E-state index in [0.717, 1.165) is 0 Å². The molecule has 0 saturated carbocycles. The fraction of sp³-hybridized carbons (Fsp3) is 0.824. The third-order valence-electron chi connectivity index (χ3n) is 2.95. The summed E-state index contributed by atoms with van der Waals surface area (Å²) in [5, 5.41) is 6.04. The Morgan fingerprint density at radius 2 is 1.40 bits per heavy atom. The van der Waals surface area contributed by atoms with Gasteiger partial charge in [0.1, 0.15) is 0 Å². The lowest BCUT2D eigenvalue weighted by molar-refractivity contribution is -0.116. The fourth-order valence-electron chi connectivity index (χ4n) is 1.72. The third kappa shape index (κ3) is 22.4. The van der Waals surface area contributed by atoms with Crippen LogP contribution in [0.25, 0.3) is 0 Å². The van der Waals surface area contributed by atoms with Crippen LogP contribution in [0.15, 0.2) is 12.7 Å². The maximum Gasteiger partial charge on any atom is 0.243 e. The first-order valence-electron chi connectivity index (χ1n) is 8.33. The van der Waals surface area contributed by atoms with Crippen molar-refractivity contribution in [3.8, 4) is 0 Å². The number of carbonyl (C=O) groups is 1. The molecule has 0 heterocycles. The standard InChI is InChI=1S/C12H27N.C5H9NO/c1-3-5-7-9-11-13-12-10-8-6-4-2;1-3-5(7)6-4-2/h13H,3-12H2,1-2H3;3H,1,4H2,2H3,(H,6,7). The zero-order valence-electron chi connectivity index (χ0n) is 14.0. The highest BCUT2D eigenvalue weighted by atomic mass is 16.1. The summed E-state index contributed by atoms with van der Waals surface area (Å²) in [6.45, 7) is 12.8. The van der Waals surface area contributed by atoms with Crippen LogP contribution in [0.4, 0.5) is 0 Å². The van der Waals surface area contributed by atoms with Gasteiger partial charge in [-0.1, -0.05) is 59.0 Å². The van der Waals surface area contributed by atoms with Crippen molar-refractivity contribution in [1.29, 1.82) is 0 Å². The van der Waals surface area contributed by atoms with Gasteiger partial charge in [0, 0.05) is 6.54 Å². The summed E-state index contributed by atoms with van der Waals surface area (Å²) in [7, 11) is 0. The van der Waals surface area contributed by atoms with E-state index in [1.54, 1.807) is 0 Å². The topological polar surface area (TPSA) is 41.1 Å². The molecule has 2 N–H and O–H groups in total. The van der Waals surface area contributed by atoms with E-state index in [1.807, 2.05) is 6.92 Å². The Hall–Kier alpha value is -0.830. The minimum Gasteiger partial charge on any atom is -0.353 e. The summed E-state index contributed by atoms with van der Waals surface area (Å²) in [6, 6.07) is 0. The summed E-state index contributed by atoms with van der Waals surface area (Å²) >= 11 is 0. The molecular weight excluding hydrogens is 248 g/mol. The van der Waals surface area contributed by atoms with Gasteiger partial charge < -0.3 is 10.6 Å². The highest BCUT2D eigenvalue weighted by Gasteiger charge is 1.89. The number of hydrogen-bond donors (Lipinski definition) is 2. The van der Waals surface area contributed by atoms with E-state index in [9.17, 15) is 4.79 Å². The second kappa shape index (κ2) is 20.5. The average molecular weight is 284 g/mol. The molecule has 0 aromatic heterocycles. The van der Waals surface area contributed by atoms with Gasteiger partial charge >= 0.3 is 0 Å². The second-order valence-corrected chi connectivity index (χ2v) is 4.97. The molecule has 0 atom stereocenters. The van der Waals surface area contributed by atoms with Crippen molar-refractivity contribution in [3.63, 3.8) is 0 Å². The van der Waals surface area contributed by atoms with Gasteiger partial charge in [-0.2, -0.15) is 0 Å². The second-order valence-electron chi connectivity index (χ2n) is 4.97. The fourth-order valence-corrected chi connectivity index (χ4v) is 1.72. The lowest BCUT2D eigenvalue weighted by atomic mass is 10.2. The molecule has 0 spiro atoms. The first-order valence-corrected chi connectivity index (χ1v) is 8.33. The molecule has 0 aliphatic rings. The minimum atomic E-state index is -0.109. The number of carbonyl (C=O) groups excluding carboxylic acids is 1. The van der Waals surface area contributed by atoms with E-state index in [0.29, 0.717) is 6.54 Å². The van der Waals surface area contributed by atoms with Crippen LogP contribution in [0.1, 0.15) is 72.1 Å². The Morgan fingerprint density at radius 3 is 1.70 bits per heavy atom. The van der Waals surface area contributed by atoms with Crippen molar-refractivity contribution >= 4 is 5.91 Å². The molecule has 3 nitrogen and oxygen atoms in total. The first-order chi connectivity index (χ1) is 9.72. The van der Waals surface area contributed by atoms with E-state index >= 15 is 0 Å². The molecule has 0 saturated heterocycles. The SMILES string of the molecule is C=CC(=O)NCC.CCCCCCNCCCCCC. The predicted molar refractivity (Wildman–Crippen MR) is 90.0 cm³/mol. The monoisotopic (exact) mass is 284 g/mol. The molecule has 1 amide bonds. The maximum atomic E-state index is 10.2. The molecular formula is C17H36N2O. The molecule has 0 radical (unpaired) electrons. The van der Waals surface area contributed by atoms with Gasteiger partial charge in [-0.05, 0) is 38.9 Å². The molecule has 20 heavy (non-hydrogen) atoms. The van der Waals surface area contributed by atoms with Crippen molar-refractivity contribution in [3.05, 3.63) is 12.7 Å². The van der Waals surface area contributed by atoms with Gasteiger partial charge in [0.15, 0.2) is 0 Å². The zero-order valence-corrected chi connectivity index (χ0v) is 14.0. The Labute approximate surface area is 126 Å². The zero-order chi connectivity index (χ0) is 15.5. The van der Waals surface area contributed by atoms with Crippen LogP contribution in [-0.4, -0.2) is 25.5 Å². The predicted octanol–water partition coefficient (Wildman–Crippen LogP) is 4.05. The Bertz CT molecular complexity index is 195. The summed E-state index contributed by atoms with van der Waals surface area (Å²) in [6.07, 6.45) is 12.3. The summed E-state index contributed by atoms with van der Waals surface area (Å²) in [5.74, 6) is -0.109. The van der Waals surface area contributed by atoms with Gasteiger partial charge in [0.25, 0.3) is 0 Å². The molecule has 0 rings (SSSR count). The van der Waals surface area contributed by atoms with Crippen molar-refractivity contribution in [1.82, 2.24) is 10.6 Å². The van der Waals surface area contributed by atoms with Gasteiger partial charge in [-0.3, -0.25) is 4.79 Å². The molecule has 0 bridgehead atoms. The Morgan fingerprint density at radius 1 is 0.900 bits per heavy atom. The van der Waals surface area contributed by atoms with Crippen molar-refractivity contribution < 1.29 is 4.79 Å². The highest BCUT2D eigenvalue weighted by molar-refractivity contribution is 5.86. The summed E-state index contributed by atoms with van der Waals surface area (Å²) in [5.41, 5.74) is 0. The lowest BCUT2D eigenvalue weighted by Crippen LogP contribution is -2.19. The number of nitrogens with one attached hydrogen (secondary N) is 2. The highest BCUT2D eigenvalue weighted by Crippen LogP contribution is 1.98. The number of hydrogen-bond acceptors (Lipinski definition) is 2. The van der Waals surface area contributed by atoms with Crippen molar-refractivity contribution in [2.75, 3.05) is 19.6 Å². The van der Waals surface area contributed by atoms with Crippen LogP contribution >= 0.6 is 0 Å². The van der Waals surface area contributed by atoms with Gasteiger partial charge in [-0.25, -0.2) is 0 Å². The third-order valence-corrected chi connectivity index (χ3v) is 2.95. The quantitative estimate of drug-likeness (QED) is 0.419. The molecule has 120 valence electrons. The first kappa shape index (κ1) is 21.5. The van der Waals surface area contributed by atoms with Crippen LogP contribution in [0, 0.1) is 0 Å². The van der Waals surface area contributed by atoms with Crippen LogP contribution in [0.2, 0.25) is 0 Å².